The summed E-state index contributed by atoms with van der Waals surface area (Å²) in [5, 5.41) is 0. The number of hydrogen-bond donors (Lipinski definition) is 0. The van der Waals surface area contributed by atoms with Crippen molar-refractivity contribution in [1.82, 2.24) is 0 Å². The Hall–Kier alpha value is 0.280. The van der Waals surface area contributed by atoms with Crippen LogP contribution in [0.1, 0.15) is 0 Å². The van der Waals surface area contributed by atoms with Crippen molar-refractivity contribution in [2.45, 2.75) is 0 Å². The van der Waals surface area contributed by atoms with E-state index in [1.165, 1.54) is 13.3 Å². The zero-order valence-corrected chi connectivity index (χ0v) is 12.5. The van der Waals surface area contributed by atoms with Gasteiger partial charge in [-0.1, -0.05) is 0 Å². The summed E-state index contributed by atoms with van der Waals surface area (Å²) in [5.41, 5.74) is 0. The van der Waals surface area contributed by atoms with Crippen molar-refractivity contribution in [2.24, 2.45) is 0 Å². The van der Waals surface area contributed by atoms with Crippen LogP contribution >= 0.6 is 16.1 Å². The van der Waals surface area contributed by atoms with Gasteiger partial charge in [-0.05, 0) is 33.4 Å². The summed E-state index contributed by atoms with van der Waals surface area (Å²) in [6, 6.07) is 6.46. The molecule has 2 atom stereocenters. The Morgan fingerprint density at radius 1 is 0.867 bits per heavy atom. The van der Waals surface area contributed by atoms with E-state index < -0.39 is 16.1 Å². The first kappa shape index (κ1) is 15.3. The van der Waals surface area contributed by atoms with Crippen molar-refractivity contribution in [1.29, 1.82) is 0 Å². The molecule has 0 aliphatic heterocycles. The number of hydrogen-bond acceptors (Lipinski definition) is 4. The van der Waals surface area contributed by atoms with Crippen molar-refractivity contribution >= 4 is 53.8 Å². The molecule has 0 aliphatic rings. The van der Waals surface area contributed by atoms with Crippen LogP contribution in [-0.2, 0) is 9.13 Å². The Morgan fingerprint density at radius 3 is 1.33 bits per heavy atom. The van der Waals surface area contributed by atoms with Gasteiger partial charge in [0.2, 0.25) is 0 Å². The van der Waals surface area contributed by atoms with Gasteiger partial charge < -0.3 is 0 Å². The Balaban J connectivity index is 0.00000196. The second kappa shape index (κ2) is 7.54. The molecule has 0 heterocycles. The molecule has 15 heavy (non-hydrogen) atoms. The quantitative estimate of drug-likeness (QED) is 0.624. The third-order valence-electron chi connectivity index (χ3n) is 1.29. The smallest absolute Gasteiger partial charge is 0.255 e. The van der Waals surface area contributed by atoms with Gasteiger partial charge >= 0.3 is 16.1 Å². The van der Waals surface area contributed by atoms with E-state index in [-0.39, 0.29) is 37.7 Å². The van der Waals surface area contributed by atoms with Crippen LogP contribution in [0.2, 0.25) is 0 Å². The summed E-state index contributed by atoms with van der Waals surface area (Å²) in [4.78, 5) is 0. The minimum Gasteiger partial charge on any atom is -0.255 e. The van der Waals surface area contributed by atoms with Crippen LogP contribution in [0.15, 0.2) is 24.3 Å². The molecule has 2 unspecified atom stereocenters. The van der Waals surface area contributed by atoms with Crippen LogP contribution in [0.25, 0.3) is 0 Å². The summed E-state index contributed by atoms with van der Waals surface area (Å²) in [6.07, 6.45) is 0. The first-order valence-electron chi connectivity index (χ1n) is 3.85. The maximum absolute atomic E-state index is 10.7. The topological polar surface area (TPSA) is 52.6 Å². The molecule has 0 saturated carbocycles. The van der Waals surface area contributed by atoms with E-state index in [1.807, 2.05) is 0 Å². The maximum Gasteiger partial charge on any atom is 0.552 e. The predicted octanol–water partition coefficient (Wildman–Crippen LogP) is 2.81. The van der Waals surface area contributed by atoms with Gasteiger partial charge in [-0.15, -0.1) is 0 Å². The Morgan fingerprint density at radius 2 is 1.13 bits per heavy atom. The molecule has 0 N–H and O–H groups in total. The summed E-state index contributed by atoms with van der Waals surface area (Å²) in [5.74, 6) is 1.01. The molecule has 1 aromatic rings. The second-order valence-corrected chi connectivity index (χ2v) is 4.66. The fourth-order valence-corrected chi connectivity index (χ4v) is 1.70. The molecule has 0 amide bonds. The minimum absolute atomic E-state index is 0. The van der Waals surface area contributed by atoms with E-state index >= 15 is 0 Å². The van der Waals surface area contributed by atoms with Crippen LogP contribution in [0.3, 0.4) is 0 Å². The average molecular weight is 272 g/mol. The minimum atomic E-state index is -1.65. The van der Waals surface area contributed by atoms with E-state index in [0.717, 1.165) is 0 Å². The third kappa shape index (κ3) is 6.44. The van der Waals surface area contributed by atoms with Crippen LogP contribution in [0.4, 0.5) is 0 Å². The molecule has 1 rings (SSSR count). The molecule has 0 spiro atoms. The van der Waals surface area contributed by atoms with Crippen LogP contribution in [0.5, 0.6) is 11.5 Å². The number of rotatable bonds is 4. The van der Waals surface area contributed by atoms with Crippen LogP contribution < -0.4 is 9.05 Å². The van der Waals surface area contributed by atoms with Crippen molar-refractivity contribution in [3.63, 3.8) is 0 Å². The molecule has 76 valence electrons. The Bertz CT molecular complexity index is 317. The van der Waals surface area contributed by atoms with Gasteiger partial charge in [0.25, 0.3) is 0 Å². The molecule has 4 nitrogen and oxygen atoms in total. The summed E-state index contributed by atoms with van der Waals surface area (Å²) in [7, 11) is -3.30. The molecule has 0 aromatic heterocycles. The molecule has 0 saturated heterocycles. The van der Waals surface area contributed by atoms with Crippen LogP contribution in [-0.4, -0.2) is 51.1 Å². The number of benzene rings is 1. The molecule has 1 aromatic carbocycles. The van der Waals surface area contributed by atoms with Gasteiger partial charge in [0.1, 0.15) is 0 Å². The van der Waals surface area contributed by atoms with E-state index in [0.29, 0.717) is 11.5 Å². The largest absolute Gasteiger partial charge is 0.552 e. The van der Waals surface area contributed by atoms with E-state index in [4.69, 9.17) is 9.05 Å². The standard InChI is InChI=1S/C8H10O4P2.Ca/c1-13(9)11-7-3-5-8(6-4-7)12-14(2)10;/h3-6H,1-2H3;/q+2;. The van der Waals surface area contributed by atoms with Gasteiger partial charge in [0, 0.05) is 37.7 Å². The Labute approximate surface area is 120 Å². The van der Waals surface area contributed by atoms with Crippen molar-refractivity contribution in [2.75, 3.05) is 13.3 Å². The Kier molecular flexibility index (Phi) is 7.68. The maximum atomic E-state index is 10.7. The van der Waals surface area contributed by atoms with Crippen molar-refractivity contribution < 1.29 is 18.2 Å². The second-order valence-electron chi connectivity index (χ2n) is 2.53. The third-order valence-corrected chi connectivity index (χ3v) is 2.23. The van der Waals surface area contributed by atoms with Gasteiger partial charge in [-0.25, -0.2) is 0 Å². The molecule has 2 radical (unpaired) electrons. The fraction of sp³-hybridized carbons (Fsp3) is 0.250. The molecule has 0 aliphatic carbocycles. The summed E-state index contributed by atoms with van der Waals surface area (Å²) < 4.78 is 31.4. The van der Waals surface area contributed by atoms with Gasteiger partial charge in [0.05, 0.1) is 0 Å². The summed E-state index contributed by atoms with van der Waals surface area (Å²) >= 11 is 0. The van der Waals surface area contributed by atoms with E-state index in [1.54, 1.807) is 24.3 Å². The molecule has 7 heteroatoms. The predicted molar refractivity (Wildman–Crippen MR) is 60.5 cm³/mol. The van der Waals surface area contributed by atoms with E-state index in [9.17, 15) is 9.13 Å². The first-order chi connectivity index (χ1) is 6.58. The monoisotopic (exact) mass is 272 g/mol. The zero-order chi connectivity index (χ0) is 10.6. The zero-order valence-electron chi connectivity index (χ0n) is 8.54. The molecular weight excluding hydrogens is 262 g/mol. The van der Waals surface area contributed by atoms with Gasteiger partial charge in [-0.2, -0.15) is 0 Å². The van der Waals surface area contributed by atoms with Gasteiger partial charge in [0.15, 0.2) is 24.8 Å². The molecule has 0 bridgehead atoms. The van der Waals surface area contributed by atoms with Crippen molar-refractivity contribution in [3.8, 4) is 11.5 Å². The fourth-order valence-electron chi connectivity index (χ4n) is 0.858. The molecular formula is C8H10CaO4P2+2. The van der Waals surface area contributed by atoms with Gasteiger partial charge in [-0.3, -0.25) is 9.05 Å². The van der Waals surface area contributed by atoms with Crippen LogP contribution in [0, 0.1) is 0 Å². The first-order valence-corrected chi connectivity index (χ1v) is 7.10. The average Bonchev–Trinajstić information content (AvgIpc) is 2.06. The molecule has 0 fully saturated rings. The van der Waals surface area contributed by atoms with Crippen molar-refractivity contribution in [3.05, 3.63) is 24.3 Å². The normalized spacial score (nSPS) is 11.1. The summed E-state index contributed by atoms with van der Waals surface area (Å²) in [6.45, 7) is 2.95. The van der Waals surface area contributed by atoms with E-state index in [2.05, 4.69) is 0 Å². The SMILES string of the molecule is C[P+](=O)Oc1ccc(O[P+](C)=O)cc1.[Ca].